The zero-order valence-electron chi connectivity index (χ0n) is 16.8. The van der Waals surface area contributed by atoms with E-state index in [-0.39, 0.29) is 29.9 Å². The van der Waals surface area contributed by atoms with Crippen LogP contribution in [-0.2, 0) is 14.3 Å². The molecular formula is C20H21Br2IN4O4. The lowest BCUT2D eigenvalue weighted by Gasteiger charge is -1.99. The predicted octanol–water partition coefficient (Wildman–Crippen LogP) is -0.0894. The summed E-state index contributed by atoms with van der Waals surface area (Å²) in [5.74, 6) is 6.19. The van der Waals surface area contributed by atoms with Gasteiger partial charge in [0.15, 0.2) is 12.4 Å². The molecule has 31 heavy (non-hydrogen) atoms. The van der Waals surface area contributed by atoms with E-state index in [0.29, 0.717) is 18.8 Å². The molecule has 0 bridgehead atoms. The Bertz CT molecular complexity index is 999. The SMILES string of the molecule is C#CC(=O)OCC.CCOC(=O)c1cnn2ccc(Br)cc12.N[n+]1ccc(Br)cc1.[I-]. The smallest absolute Gasteiger partial charge is 0.384 e. The van der Waals surface area contributed by atoms with Gasteiger partial charge < -0.3 is 33.5 Å². The molecule has 0 aliphatic heterocycles. The number of rotatable bonds is 3. The Morgan fingerprint density at radius 2 is 1.77 bits per heavy atom. The molecule has 0 fully saturated rings. The van der Waals surface area contributed by atoms with E-state index >= 15 is 0 Å². The second-order valence-corrected chi connectivity index (χ2v) is 7.11. The third-order valence-corrected chi connectivity index (χ3v) is 4.21. The van der Waals surface area contributed by atoms with Gasteiger partial charge in [0, 0.05) is 33.2 Å². The number of nitrogens with zero attached hydrogens (tertiary/aromatic N) is 3. The van der Waals surface area contributed by atoms with Crippen LogP contribution in [0.4, 0.5) is 0 Å². The fraction of sp³-hybridized carbons (Fsp3) is 0.200. The molecule has 0 saturated carbocycles. The summed E-state index contributed by atoms with van der Waals surface area (Å²) in [6, 6.07) is 7.44. The van der Waals surface area contributed by atoms with Crippen molar-refractivity contribution in [3.63, 3.8) is 0 Å². The van der Waals surface area contributed by atoms with Gasteiger partial charge in [0.1, 0.15) is 5.56 Å². The Kier molecular flexibility index (Phi) is 14.5. The largest absolute Gasteiger partial charge is 1.00 e. The predicted molar refractivity (Wildman–Crippen MR) is 119 cm³/mol. The average molecular weight is 668 g/mol. The number of hydrogen-bond acceptors (Lipinski definition) is 6. The highest BCUT2D eigenvalue weighted by Gasteiger charge is 2.13. The number of terminal acetylenes is 1. The zero-order valence-corrected chi connectivity index (χ0v) is 22.1. The van der Waals surface area contributed by atoms with Gasteiger partial charge in [-0.2, -0.15) is 5.10 Å². The second kappa shape index (κ2) is 15.6. The monoisotopic (exact) mass is 666 g/mol. The standard InChI is InChI=1S/C10H9BrN2O2.C5H6BrN2.C5H6O2.HI/c1-2-15-10(14)8-6-12-13-4-3-7(11)5-9(8)13;6-5-1-3-8(7)4-2-5;1-3-5(6)7-4-2;/h3-6H,2H2,1H3;1-4H,7H2;1H,4H2,2H3;1H/q;+1;;/p-1. The lowest BCUT2D eigenvalue weighted by atomic mass is 10.3. The minimum absolute atomic E-state index is 0. The number of pyridine rings is 2. The summed E-state index contributed by atoms with van der Waals surface area (Å²) in [7, 11) is 0. The number of aromatic nitrogens is 3. The Labute approximate surface area is 214 Å². The minimum Gasteiger partial charge on any atom is -1.00 e. The van der Waals surface area contributed by atoms with Crippen molar-refractivity contribution in [3.8, 4) is 12.3 Å². The number of nitrogen functional groups attached to an aromatic ring is 1. The van der Waals surface area contributed by atoms with Crippen molar-refractivity contribution in [3.05, 3.63) is 63.6 Å². The summed E-state index contributed by atoms with van der Waals surface area (Å²) < 4.78 is 14.3. The normalized spacial score (nSPS) is 9.00. The molecule has 0 aromatic carbocycles. The Hall–Kier alpha value is -2.17. The highest BCUT2D eigenvalue weighted by atomic mass is 127. The molecule has 0 amide bonds. The van der Waals surface area contributed by atoms with Crippen LogP contribution in [0.3, 0.4) is 0 Å². The van der Waals surface area contributed by atoms with Crippen molar-refractivity contribution in [2.75, 3.05) is 19.1 Å². The first-order valence-electron chi connectivity index (χ1n) is 8.67. The number of carbonyl (C=O) groups excluding carboxylic acids is 2. The van der Waals surface area contributed by atoms with Crippen LogP contribution >= 0.6 is 31.9 Å². The lowest BCUT2D eigenvalue weighted by Crippen LogP contribution is -3.00. The molecule has 8 nitrogen and oxygen atoms in total. The molecule has 0 aliphatic rings. The van der Waals surface area contributed by atoms with Crippen molar-refractivity contribution in [2.24, 2.45) is 0 Å². The molecule has 0 spiro atoms. The quantitative estimate of drug-likeness (QED) is 0.105. The van der Waals surface area contributed by atoms with Gasteiger partial charge in [-0.25, -0.2) is 19.9 Å². The van der Waals surface area contributed by atoms with E-state index in [1.165, 1.54) is 10.9 Å². The molecule has 3 rings (SSSR count). The van der Waals surface area contributed by atoms with E-state index in [1.54, 1.807) is 42.9 Å². The number of nitrogens with two attached hydrogens (primary N) is 1. The third-order valence-electron chi connectivity index (χ3n) is 3.18. The first kappa shape index (κ1) is 28.8. The highest BCUT2D eigenvalue weighted by molar-refractivity contribution is 9.10. The summed E-state index contributed by atoms with van der Waals surface area (Å²) in [5.41, 5.74) is 1.22. The van der Waals surface area contributed by atoms with Crippen LogP contribution in [0.5, 0.6) is 0 Å². The van der Waals surface area contributed by atoms with Crippen LogP contribution in [0.1, 0.15) is 24.2 Å². The van der Waals surface area contributed by atoms with Crippen LogP contribution in [0.2, 0.25) is 0 Å². The number of ether oxygens (including phenoxy) is 2. The second-order valence-electron chi connectivity index (χ2n) is 5.28. The van der Waals surface area contributed by atoms with Crippen LogP contribution in [0.25, 0.3) is 5.52 Å². The molecule has 11 heteroatoms. The molecule has 0 aliphatic carbocycles. The van der Waals surface area contributed by atoms with Gasteiger partial charge >= 0.3 is 11.9 Å². The molecule has 3 heterocycles. The van der Waals surface area contributed by atoms with Crippen LogP contribution in [0, 0.1) is 12.3 Å². The van der Waals surface area contributed by atoms with Crippen molar-refractivity contribution in [1.82, 2.24) is 9.61 Å². The third kappa shape index (κ3) is 10.6. The minimum atomic E-state index is -0.595. The number of carbonyl (C=O) groups is 2. The van der Waals surface area contributed by atoms with Gasteiger partial charge in [-0.1, -0.05) is 36.5 Å². The van der Waals surface area contributed by atoms with Crippen molar-refractivity contribution < 1.29 is 47.7 Å². The van der Waals surface area contributed by atoms with Gasteiger partial charge in [-0.05, 0) is 26.0 Å². The Balaban J connectivity index is 0.000000479. The topological polar surface area (TPSA) is 99.8 Å². The molecular weight excluding hydrogens is 647 g/mol. The van der Waals surface area contributed by atoms with E-state index in [0.717, 1.165) is 14.5 Å². The summed E-state index contributed by atoms with van der Waals surface area (Å²) >= 11 is 6.62. The fourth-order valence-electron chi connectivity index (χ4n) is 1.91. The first-order valence-corrected chi connectivity index (χ1v) is 10.3. The molecule has 0 saturated heterocycles. The number of halogens is 3. The maximum absolute atomic E-state index is 11.5. The van der Waals surface area contributed by atoms with Gasteiger partial charge in [-0.3, -0.25) is 0 Å². The van der Waals surface area contributed by atoms with Gasteiger partial charge in [0.05, 0.1) is 24.9 Å². The van der Waals surface area contributed by atoms with E-state index in [2.05, 4.69) is 48.1 Å². The van der Waals surface area contributed by atoms with Crippen molar-refractivity contribution >= 4 is 49.3 Å². The summed E-state index contributed by atoms with van der Waals surface area (Å²) in [6.07, 6.45) is 11.5. The van der Waals surface area contributed by atoms with Gasteiger partial charge in [-0.15, -0.1) is 6.42 Å². The fourth-order valence-corrected chi connectivity index (χ4v) is 2.49. The molecule has 2 N–H and O–H groups in total. The maximum Gasteiger partial charge on any atom is 0.384 e. The van der Waals surface area contributed by atoms with Gasteiger partial charge in [0.2, 0.25) is 0 Å². The van der Waals surface area contributed by atoms with E-state index < -0.39 is 5.97 Å². The average Bonchev–Trinajstić information content (AvgIpc) is 3.14. The number of fused-ring (bicyclic) bond motifs is 1. The van der Waals surface area contributed by atoms with Gasteiger partial charge in [0.25, 0.3) is 0 Å². The molecule has 3 aromatic heterocycles. The Morgan fingerprint density at radius 1 is 1.16 bits per heavy atom. The lowest BCUT2D eigenvalue weighted by molar-refractivity contribution is -0.639. The van der Waals surface area contributed by atoms with Crippen molar-refractivity contribution in [2.45, 2.75) is 13.8 Å². The summed E-state index contributed by atoms with van der Waals surface area (Å²) in [4.78, 5) is 21.5. The van der Waals surface area contributed by atoms with Crippen LogP contribution in [-0.4, -0.2) is 34.8 Å². The molecule has 3 aromatic rings. The molecule has 0 atom stereocenters. The van der Waals surface area contributed by atoms with E-state index in [9.17, 15) is 9.59 Å². The van der Waals surface area contributed by atoms with E-state index in [1.807, 2.05) is 24.3 Å². The number of esters is 2. The Morgan fingerprint density at radius 3 is 2.26 bits per heavy atom. The van der Waals surface area contributed by atoms with Crippen LogP contribution < -0.4 is 34.5 Å². The van der Waals surface area contributed by atoms with Crippen LogP contribution in [0.15, 0.2) is 58.0 Å². The molecule has 0 unspecified atom stereocenters. The number of hydrogen-bond donors (Lipinski definition) is 1. The summed E-state index contributed by atoms with van der Waals surface area (Å²) in [5, 5.41) is 4.06. The molecule has 166 valence electrons. The summed E-state index contributed by atoms with van der Waals surface area (Å²) in [6.45, 7) is 4.20. The van der Waals surface area contributed by atoms with Crippen molar-refractivity contribution in [1.29, 1.82) is 0 Å². The maximum atomic E-state index is 11.5. The first-order chi connectivity index (χ1) is 14.3. The zero-order chi connectivity index (χ0) is 22.5. The highest BCUT2D eigenvalue weighted by Crippen LogP contribution is 2.17. The van der Waals surface area contributed by atoms with E-state index in [4.69, 9.17) is 10.6 Å². The molecule has 0 radical (unpaired) electrons.